The number of nitrogens with zero attached hydrogens (tertiary/aromatic N) is 2. The van der Waals surface area contributed by atoms with E-state index in [1.165, 1.54) is 18.2 Å². The van der Waals surface area contributed by atoms with Gasteiger partial charge in [0.1, 0.15) is 11.0 Å². The standard InChI is InChI=1S/C12H8Cl2F4N2/c13-5-9-10(12(16,17)18)19-20(11(9)14)6-7-2-1-3-8(15)4-7/h1-4H,5-6H2. The van der Waals surface area contributed by atoms with E-state index in [9.17, 15) is 17.6 Å². The van der Waals surface area contributed by atoms with Crippen molar-refractivity contribution in [3.8, 4) is 0 Å². The topological polar surface area (TPSA) is 17.8 Å². The van der Waals surface area contributed by atoms with E-state index in [2.05, 4.69) is 5.10 Å². The minimum Gasteiger partial charge on any atom is -0.249 e. The molecule has 0 spiro atoms. The van der Waals surface area contributed by atoms with E-state index >= 15 is 0 Å². The molecule has 0 aliphatic carbocycles. The lowest BCUT2D eigenvalue weighted by Gasteiger charge is -2.04. The fraction of sp³-hybridized carbons (Fsp3) is 0.250. The van der Waals surface area contributed by atoms with E-state index in [1.807, 2.05) is 0 Å². The third-order valence-corrected chi connectivity index (χ3v) is 3.30. The molecule has 0 aliphatic rings. The lowest BCUT2D eigenvalue weighted by atomic mass is 10.2. The Balaban J connectivity index is 2.41. The van der Waals surface area contributed by atoms with E-state index in [1.54, 1.807) is 6.07 Å². The highest BCUT2D eigenvalue weighted by Gasteiger charge is 2.38. The van der Waals surface area contributed by atoms with Crippen molar-refractivity contribution < 1.29 is 17.6 Å². The first-order chi connectivity index (χ1) is 9.32. The van der Waals surface area contributed by atoms with E-state index in [0.29, 0.717) is 5.56 Å². The lowest BCUT2D eigenvalue weighted by Crippen LogP contribution is -2.10. The third kappa shape index (κ3) is 3.07. The summed E-state index contributed by atoms with van der Waals surface area (Å²) in [6, 6.07) is 5.45. The summed E-state index contributed by atoms with van der Waals surface area (Å²) in [5, 5.41) is 3.23. The first-order valence-electron chi connectivity index (χ1n) is 5.45. The summed E-state index contributed by atoms with van der Waals surface area (Å²) >= 11 is 11.3. The molecule has 0 atom stereocenters. The molecule has 0 saturated heterocycles. The molecule has 0 fully saturated rings. The molecule has 0 aliphatic heterocycles. The SMILES string of the molecule is Fc1cccc(Cn2nc(C(F)(F)F)c(CCl)c2Cl)c1. The number of hydrogen-bond acceptors (Lipinski definition) is 1. The van der Waals surface area contributed by atoms with Gasteiger partial charge in [-0.05, 0) is 17.7 Å². The molecule has 2 rings (SSSR count). The van der Waals surface area contributed by atoms with Gasteiger partial charge in [-0.1, -0.05) is 23.7 Å². The van der Waals surface area contributed by atoms with Crippen LogP contribution in [0.5, 0.6) is 0 Å². The molecule has 0 N–H and O–H groups in total. The van der Waals surface area contributed by atoms with Gasteiger partial charge in [0, 0.05) is 5.56 Å². The molecule has 0 bridgehead atoms. The molecule has 1 aromatic heterocycles. The molecule has 8 heteroatoms. The Hall–Kier alpha value is -1.27. The van der Waals surface area contributed by atoms with E-state index in [-0.39, 0.29) is 17.3 Å². The van der Waals surface area contributed by atoms with Crippen LogP contribution >= 0.6 is 23.2 Å². The number of hydrogen-bond donors (Lipinski definition) is 0. The van der Waals surface area contributed by atoms with Crippen LogP contribution in [0.4, 0.5) is 17.6 Å². The Morgan fingerprint density at radius 2 is 1.95 bits per heavy atom. The van der Waals surface area contributed by atoms with E-state index in [0.717, 1.165) is 4.68 Å². The average molecular weight is 327 g/mol. The zero-order chi connectivity index (χ0) is 14.9. The number of halogens is 6. The maximum absolute atomic E-state index is 13.0. The molecule has 0 radical (unpaired) electrons. The van der Waals surface area contributed by atoms with Crippen LogP contribution in [0.15, 0.2) is 24.3 Å². The quantitative estimate of drug-likeness (QED) is 0.600. The van der Waals surface area contributed by atoms with Gasteiger partial charge in [-0.3, -0.25) is 0 Å². The third-order valence-electron chi connectivity index (χ3n) is 2.61. The van der Waals surface area contributed by atoms with Crippen LogP contribution in [-0.2, 0) is 18.6 Å². The summed E-state index contributed by atoms with van der Waals surface area (Å²) < 4.78 is 52.3. The predicted molar refractivity (Wildman–Crippen MR) is 67.3 cm³/mol. The Bertz CT molecular complexity index is 622. The van der Waals surface area contributed by atoms with Gasteiger partial charge in [0.2, 0.25) is 0 Å². The minimum atomic E-state index is -4.64. The van der Waals surface area contributed by atoms with Gasteiger partial charge in [-0.2, -0.15) is 18.3 Å². The highest BCUT2D eigenvalue weighted by molar-refractivity contribution is 6.31. The van der Waals surface area contributed by atoms with Crippen molar-refractivity contribution in [1.82, 2.24) is 9.78 Å². The molecule has 0 amide bonds. The molecular weight excluding hydrogens is 319 g/mol. The second-order valence-electron chi connectivity index (χ2n) is 4.04. The number of benzene rings is 1. The molecule has 1 aromatic carbocycles. The van der Waals surface area contributed by atoms with Crippen molar-refractivity contribution >= 4 is 23.2 Å². The summed E-state index contributed by atoms with van der Waals surface area (Å²) in [6.07, 6.45) is -4.64. The van der Waals surface area contributed by atoms with Crippen molar-refractivity contribution in [3.05, 3.63) is 52.1 Å². The first-order valence-corrected chi connectivity index (χ1v) is 6.37. The summed E-state index contributed by atoms with van der Waals surface area (Å²) in [4.78, 5) is 0. The fourth-order valence-corrected chi connectivity index (χ4v) is 2.31. The first kappa shape index (κ1) is 15.1. The van der Waals surface area contributed by atoms with Crippen molar-refractivity contribution in [1.29, 1.82) is 0 Å². The Kier molecular flexibility index (Phi) is 4.25. The number of alkyl halides is 4. The fourth-order valence-electron chi connectivity index (χ4n) is 1.74. The molecule has 20 heavy (non-hydrogen) atoms. The summed E-state index contributed by atoms with van der Waals surface area (Å²) in [5.74, 6) is -0.893. The van der Waals surface area contributed by atoms with Gasteiger partial charge in [0.25, 0.3) is 0 Å². The molecule has 1 heterocycles. The van der Waals surface area contributed by atoms with Crippen molar-refractivity contribution in [2.75, 3.05) is 0 Å². The van der Waals surface area contributed by atoms with Crippen LogP contribution in [-0.4, -0.2) is 9.78 Å². The molecule has 2 aromatic rings. The van der Waals surface area contributed by atoms with Gasteiger partial charge in [0.05, 0.1) is 12.4 Å². The van der Waals surface area contributed by atoms with Crippen LogP contribution in [0.25, 0.3) is 0 Å². The van der Waals surface area contributed by atoms with Crippen molar-refractivity contribution in [3.63, 3.8) is 0 Å². The normalized spacial score (nSPS) is 11.9. The number of rotatable bonds is 3. The van der Waals surface area contributed by atoms with Gasteiger partial charge in [-0.25, -0.2) is 9.07 Å². The maximum Gasteiger partial charge on any atom is 0.435 e. The van der Waals surface area contributed by atoms with Gasteiger partial charge in [-0.15, -0.1) is 11.6 Å². The van der Waals surface area contributed by atoms with Crippen molar-refractivity contribution in [2.45, 2.75) is 18.6 Å². The van der Waals surface area contributed by atoms with Crippen LogP contribution in [0.2, 0.25) is 5.15 Å². The molecular formula is C12H8Cl2F4N2. The summed E-state index contributed by atoms with van der Waals surface area (Å²) in [5.41, 5.74) is -0.949. The lowest BCUT2D eigenvalue weighted by molar-refractivity contribution is -0.142. The van der Waals surface area contributed by atoms with Crippen LogP contribution in [0, 0.1) is 5.82 Å². The van der Waals surface area contributed by atoms with Crippen LogP contribution in [0.3, 0.4) is 0 Å². The highest BCUT2D eigenvalue weighted by atomic mass is 35.5. The molecule has 108 valence electrons. The van der Waals surface area contributed by atoms with E-state index in [4.69, 9.17) is 23.2 Å². The Morgan fingerprint density at radius 1 is 1.25 bits per heavy atom. The zero-order valence-electron chi connectivity index (χ0n) is 9.89. The second-order valence-corrected chi connectivity index (χ2v) is 4.66. The number of aromatic nitrogens is 2. The van der Waals surface area contributed by atoms with Gasteiger partial charge >= 0.3 is 6.18 Å². The smallest absolute Gasteiger partial charge is 0.249 e. The minimum absolute atomic E-state index is 0.0729. The van der Waals surface area contributed by atoms with Crippen LogP contribution < -0.4 is 0 Å². The Morgan fingerprint density at radius 3 is 2.45 bits per heavy atom. The molecule has 0 saturated carbocycles. The molecule has 0 unspecified atom stereocenters. The van der Waals surface area contributed by atoms with Crippen LogP contribution in [0.1, 0.15) is 16.8 Å². The highest BCUT2D eigenvalue weighted by Crippen LogP contribution is 2.35. The Labute approximate surface area is 121 Å². The second kappa shape index (κ2) is 5.61. The van der Waals surface area contributed by atoms with Gasteiger partial charge < -0.3 is 0 Å². The monoisotopic (exact) mass is 326 g/mol. The summed E-state index contributed by atoms with van der Waals surface area (Å²) in [7, 11) is 0. The van der Waals surface area contributed by atoms with Crippen molar-refractivity contribution in [2.24, 2.45) is 0 Å². The van der Waals surface area contributed by atoms with Gasteiger partial charge in [0.15, 0.2) is 5.69 Å². The predicted octanol–water partition coefficient (Wildman–Crippen LogP) is 4.48. The molecule has 2 nitrogen and oxygen atoms in total. The average Bonchev–Trinajstić information content (AvgIpc) is 2.66. The largest absolute Gasteiger partial charge is 0.435 e. The van der Waals surface area contributed by atoms with E-state index < -0.39 is 23.6 Å². The summed E-state index contributed by atoms with van der Waals surface area (Å²) in [6.45, 7) is -0.0729. The zero-order valence-corrected chi connectivity index (χ0v) is 11.4. The maximum atomic E-state index is 13.0.